The molecule has 1 fully saturated rings. The number of benzene rings is 3. The lowest BCUT2D eigenvalue weighted by atomic mass is 10.1. The van der Waals surface area contributed by atoms with Crippen molar-refractivity contribution < 1.29 is 9.18 Å². The molecule has 1 aliphatic carbocycles. The van der Waals surface area contributed by atoms with Crippen molar-refractivity contribution in [3.8, 4) is 0 Å². The van der Waals surface area contributed by atoms with Gasteiger partial charge in [-0.2, -0.15) is 0 Å². The lowest BCUT2D eigenvalue weighted by Crippen LogP contribution is -2.43. The summed E-state index contributed by atoms with van der Waals surface area (Å²) in [4.78, 5) is 15.5. The molecule has 1 aliphatic heterocycles. The molecule has 4 nitrogen and oxygen atoms in total. The molecule has 5 rings (SSSR count). The molecule has 2 N–H and O–H groups in total. The van der Waals surface area contributed by atoms with Gasteiger partial charge in [0.25, 0.3) is 0 Å². The second-order valence-corrected chi connectivity index (χ2v) is 10.1. The molecule has 1 saturated heterocycles. The van der Waals surface area contributed by atoms with Crippen molar-refractivity contribution in [1.82, 2.24) is 15.5 Å². The summed E-state index contributed by atoms with van der Waals surface area (Å²) in [6, 6.07) is 23.6. The van der Waals surface area contributed by atoms with Crippen LogP contribution in [0.1, 0.15) is 28.7 Å². The number of amides is 1. The molecule has 35 heavy (non-hydrogen) atoms. The van der Waals surface area contributed by atoms with E-state index in [1.807, 2.05) is 30.3 Å². The van der Waals surface area contributed by atoms with E-state index in [1.165, 1.54) is 17.2 Å². The fraction of sp³-hybridized carbons (Fsp3) is 0.345. The zero-order valence-electron chi connectivity index (χ0n) is 19.7. The number of rotatable bonds is 8. The first kappa shape index (κ1) is 24.0. The van der Waals surface area contributed by atoms with E-state index in [-0.39, 0.29) is 23.8 Å². The molecule has 1 heterocycles. The number of carbonyl (C=O) groups is 1. The maximum absolute atomic E-state index is 14.0. The summed E-state index contributed by atoms with van der Waals surface area (Å²) in [5.41, 5.74) is 4.55. The molecule has 182 valence electrons. The van der Waals surface area contributed by atoms with Crippen molar-refractivity contribution >= 4 is 17.5 Å². The van der Waals surface area contributed by atoms with Gasteiger partial charge in [0.1, 0.15) is 5.82 Å². The summed E-state index contributed by atoms with van der Waals surface area (Å²) >= 11 is 6.21. The lowest BCUT2D eigenvalue weighted by molar-refractivity contribution is -0.125. The summed E-state index contributed by atoms with van der Waals surface area (Å²) < 4.78 is 14.0. The van der Waals surface area contributed by atoms with Gasteiger partial charge in [0.2, 0.25) is 5.91 Å². The number of likely N-dealkylation sites (tertiary alicyclic amines) is 1. The van der Waals surface area contributed by atoms with E-state index in [0.717, 1.165) is 31.4 Å². The van der Waals surface area contributed by atoms with E-state index in [4.69, 9.17) is 11.6 Å². The molecule has 3 aromatic carbocycles. The summed E-state index contributed by atoms with van der Waals surface area (Å²) in [6.45, 7) is 1.87. The van der Waals surface area contributed by atoms with Crippen LogP contribution < -0.4 is 10.6 Å². The third-order valence-electron chi connectivity index (χ3n) is 7.15. The molecule has 0 unspecified atom stereocenters. The van der Waals surface area contributed by atoms with Crippen LogP contribution in [0.25, 0.3) is 0 Å². The van der Waals surface area contributed by atoms with Gasteiger partial charge in [0.05, 0.1) is 6.04 Å². The maximum Gasteiger partial charge on any atom is 0.237 e. The standard InChI is InChI=1S/C29H31ClFN3O/c30-24-10-5-6-20(14-24)18-34-19-26(33-25-15-22-8-1-2-9-23(22)16-25)17-28(34)29(35)32-13-12-21-7-3-4-11-27(21)31/h1-11,14,25-26,28,33H,12-13,15-19H2,(H,32,35)/t26-,28+/m1/s1. The molecule has 0 bridgehead atoms. The Morgan fingerprint density at radius 2 is 1.71 bits per heavy atom. The summed E-state index contributed by atoms with van der Waals surface area (Å²) in [5.74, 6) is -0.227. The fourth-order valence-electron chi connectivity index (χ4n) is 5.49. The molecule has 0 radical (unpaired) electrons. The van der Waals surface area contributed by atoms with Crippen LogP contribution in [0, 0.1) is 5.82 Å². The minimum atomic E-state index is -0.240. The summed E-state index contributed by atoms with van der Waals surface area (Å²) in [5, 5.41) is 7.58. The van der Waals surface area contributed by atoms with Crippen LogP contribution in [0.5, 0.6) is 0 Å². The van der Waals surface area contributed by atoms with E-state index in [1.54, 1.807) is 12.1 Å². The second kappa shape index (κ2) is 10.9. The molecule has 2 atom stereocenters. The molecular weight excluding hydrogens is 461 g/mol. The highest BCUT2D eigenvalue weighted by Crippen LogP contribution is 2.26. The Morgan fingerprint density at radius 1 is 0.971 bits per heavy atom. The van der Waals surface area contributed by atoms with Crippen molar-refractivity contribution in [3.63, 3.8) is 0 Å². The Morgan fingerprint density at radius 3 is 2.46 bits per heavy atom. The predicted molar refractivity (Wildman–Crippen MR) is 138 cm³/mol. The van der Waals surface area contributed by atoms with Crippen LogP contribution in [0.4, 0.5) is 4.39 Å². The highest BCUT2D eigenvalue weighted by Gasteiger charge is 2.38. The van der Waals surface area contributed by atoms with Crippen molar-refractivity contribution in [2.24, 2.45) is 0 Å². The Hall–Kier alpha value is -2.73. The molecule has 0 aromatic heterocycles. The third kappa shape index (κ3) is 5.92. The fourth-order valence-corrected chi connectivity index (χ4v) is 5.70. The average molecular weight is 492 g/mol. The smallest absolute Gasteiger partial charge is 0.237 e. The van der Waals surface area contributed by atoms with E-state index in [9.17, 15) is 9.18 Å². The predicted octanol–water partition coefficient (Wildman–Crippen LogP) is 4.54. The van der Waals surface area contributed by atoms with E-state index < -0.39 is 0 Å². The normalized spacial score (nSPS) is 20.2. The molecule has 0 spiro atoms. The first-order valence-electron chi connectivity index (χ1n) is 12.4. The lowest BCUT2D eigenvalue weighted by Gasteiger charge is -2.24. The van der Waals surface area contributed by atoms with Crippen molar-refractivity contribution in [3.05, 3.63) is 106 Å². The first-order valence-corrected chi connectivity index (χ1v) is 12.8. The summed E-state index contributed by atoms with van der Waals surface area (Å²) in [7, 11) is 0. The number of halogens is 2. The highest BCUT2D eigenvalue weighted by atomic mass is 35.5. The van der Waals surface area contributed by atoms with Crippen LogP contribution in [-0.2, 0) is 30.6 Å². The Balaban J connectivity index is 1.23. The van der Waals surface area contributed by atoms with Crippen LogP contribution in [-0.4, -0.2) is 42.0 Å². The first-order chi connectivity index (χ1) is 17.0. The van der Waals surface area contributed by atoms with Crippen LogP contribution >= 0.6 is 11.6 Å². The number of nitrogens with zero attached hydrogens (tertiary/aromatic N) is 1. The van der Waals surface area contributed by atoms with Gasteiger partial charge < -0.3 is 10.6 Å². The molecule has 0 saturated carbocycles. The van der Waals surface area contributed by atoms with Crippen LogP contribution in [0.3, 0.4) is 0 Å². The topological polar surface area (TPSA) is 44.4 Å². The highest BCUT2D eigenvalue weighted by molar-refractivity contribution is 6.30. The number of hydrogen-bond donors (Lipinski definition) is 2. The van der Waals surface area contributed by atoms with Gasteiger partial charge in [-0.1, -0.05) is 66.2 Å². The minimum Gasteiger partial charge on any atom is -0.354 e. The largest absolute Gasteiger partial charge is 0.354 e. The Bertz CT molecular complexity index is 1160. The number of nitrogens with one attached hydrogen (secondary N) is 2. The zero-order chi connectivity index (χ0) is 24.2. The second-order valence-electron chi connectivity index (χ2n) is 9.68. The van der Waals surface area contributed by atoms with E-state index in [2.05, 4.69) is 39.8 Å². The Labute approximate surface area is 211 Å². The van der Waals surface area contributed by atoms with E-state index >= 15 is 0 Å². The van der Waals surface area contributed by atoms with Crippen molar-refractivity contribution in [1.29, 1.82) is 0 Å². The monoisotopic (exact) mass is 491 g/mol. The molecule has 1 amide bonds. The van der Waals surface area contributed by atoms with Crippen LogP contribution in [0.2, 0.25) is 5.02 Å². The quantitative estimate of drug-likeness (QED) is 0.486. The third-order valence-corrected chi connectivity index (χ3v) is 7.39. The van der Waals surface area contributed by atoms with Gasteiger partial charge in [0, 0.05) is 36.7 Å². The van der Waals surface area contributed by atoms with Gasteiger partial charge in [-0.25, -0.2) is 4.39 Å². The number of fused-ring (bicyclic) bond motifs is 1. The molecule has 2 aliphatic rings. The average Bonchev–Trinajstić information content (AvgIpc) is 3.43. The minimum absolute atomic E-state index is 0.00220. The van der Waals surface area contributed by atoms with Crippen molar-refractivity contribution in [2.75, 3.05) is 13.1 Å². The van der Waals surface area contributed by atoms with Gasteiger partial charge in [-0.15, -0.1) is 0 Å². The SMILES string of the molecule is O=C(NCCc1ccccc1F)[C@@H]1C[C@@H](NC2Cc3ccccc3C2)CN1Cc1cccc(Cl)c1. The maximum atomic E-state index is 14.0. The molecule has 3 aromatic rings. The van der Waals surface area contributed by atoms with Crippen molar-refractivity contribution in [2.45, 2.75) is 50.4 Å². The zero-order valence-corrected chi connectivity index (χ0v) is 20.5. The molecular formula is C29H31ClFN3O. The number of hydrogen-bond acceptors (Lipinski definition) is 3. The Kier molecular flexibility index (Phi) is 7.47. The van der Waals surface area contributed by atoms with E-state index in [0.29, 0.717) is 36.1 Å². The van der Waals surface area contributed by atoms with Gasteiger partial charge in [-0.05, 0) is 66.1 Å². The van der Waals surface area contributed by atoms with Gasteiger partial charge >= 0.3 is 0 Å². The van der Waals surface area contributed by atoms with Gasteiger partial charge in [0.15, 0.2) is 0 Å². The van der Waals surface area contributed by atoms with Crippen LogP contribution in [0.15, 0.2) is 72.8 Å². The number of carbonyl (C=O) groups excluding carboxylic acids is 1. The van der Waals surface area contributed by atoms with Gasteiger partial charge in [-0.3, -0.25) is 9.69 Å². The summed E-state index contributed by atoms with van der Waals surface area (Å²) in [6.07, 6.45) is 3.28. The molecule has 6 heteroatoms.